The standard InChI is InChI=1S/C35H44N6O6S/c1-37(2)30-11-10-28(26-7-5-6-8-27(26)30)31-20-25-22-39(21-24-9-12-32(46-3)29(19-24)36-48(4,44)45)23-35(25)33(42)40(34(43)41(31)35)14-13-38-15-17-47-18-16-38/h5-12,19,25,31,36H,13-18,20-23H2,1-4H3/t25-,31?,35-/m1/s1. The number of nitrogens with one attached hydrogen (secondary N) is 1. The Balaban J connectivity index is 1.22. The van der Waals surface area contributed by atoms with Crippen molar-refractivity contribution in [3.63, 3.8) is 0 Å². The molecule has 48 heavy (non-hydrogen) atoms. The van der Waals surface area contributed by atoms with Gasteiger partial charge in [0.2, 0.25) is 10.0 Å². The fourth-order valence-electron chi connectivity index (χ4n) is 8.32. The van der Waals surface area contributed by atoms with Crippen molar-refractivity contribution in [3.8, 4) is 5.75 Å². The molecule has 3 amide bonds. The van der Waals surface area contributed by atoms with Crippen molar-refractivity contribution in [1.82, 2.24) is 19.6 Å². The van der Waals surface area contributed by atoms with Gasteiger partial charge in [-0.15, -0.1) is 0 Å². The Bertz CT molecular complexity index is 1850. The number of urea groups is 1. The van der Waals surface area contributed by atoms with E-state index in [1.165, 1.54) is 12.0 Å². The van der Waals surface area contributed by atoms with E-state index in [9.17, 15) is 18.0 Å². The molecule has 0 saturated carbocycles. The van der Waals surface area contributed by atoms with Crippen LogP contribution in [-0.4, -0.2) is 125 Å². The smallest absolute Gasteiger partial charge is 0.328 e. The zero-order chi connectivity index (χ0) is 33.8. The lowest BCUT2D eigenvalue weighted by Crippen LogP contribution is -2.51. The molecule has 4 fully saturated rings. The van der Waals surface area contributed by atoms with Crippen molar-refractivity contribution in [2.75, 3.05) is 89.6 Å². The van der Waals surface area contributed by atoms with Crippen LogP contribution < -0.4 is 14.4 Å². The number of methoxy groups -OCH3 is 1. The number of fused-ring (bicyclic) bond motifs is 1. The first kappa shape index (κ1) is 32.6. The summed E-state index contributed by atoms with van der Waals surface area (Å²) in [5, 5.41) is 2.21. The summed E-state index contributed by atoms with van der Waals surface area (Å²) >= 11 is 0. The summed E-state index contributed by atoms with van der Waals surface area (Å²) in [5.74, 6) is 0.251. The molecule has 1 unspecified atom stereocenters. The van der Waals surface area contributed by atoms with Crippen LogP contribution in [-0.2, 0) is 26.1 Å². The van der Waals surface area contributed by atoms with Crippen LogP contribution in [0.1, 0.15) is 23.6 Å². The Hall–Kier alpha value is -3.91. The number of ether oxygens (including phenoxy) is 2. The van der Waals surface area contributed by atoms with Crippen LogP contribution >= 0.6 is 0 Å². The maximum atomic E-state index is 14.6. The zero-order valence-corrected chi connectivity index (χ0v) is 28.8. The quantitative estimate of drug-likeness (QED) is 0.324. The first-order chi connectivity index (χ1) is 23.0. The molecule has 7 rings (SSSR count). The third-order valence-corrected chi connectivity index (χ3v) is 11.0. The molecule has 3 aromatic carbocycles. The minimum Gasteiger partial charge on any atom is -0.495 e. The number of carbonyl (C=O) groups excluding carboxylic acids is 2. The van der Waals surface area contributed by atoms with Crippen molar-refractivity contribution in [2.24, 2.45) is 5.92 Å². The van der Waals surface area contributed by atoms with Gasteiger partial charge in [0, 0.05) is 76.9 Å². The molecule has 12 nitrogen and oxygen atoms in total. The Morgan fingerprint density at radius 1 is 1.00 bits per heavy atom. The van der Waals surface area contributed by atoms with E-state index in [1.54, 1.807) is 12.1 Å². The fourth-order valence-corrected chi connectivity index (χ4v) is 8.88. The minimum atomic E-state index is -3.52. The molecule has 256 valence electrons. The molecule has 4 heterocycles. The van der Waals surface area contributed by atoms with E-state index >= 15 is 0 Å². The van der Waals surface area contributed by atoms with Gasteiger partial charge in [0.15, 0.2) is 0 Å². The number of sulfonamides is 1. The summed E-state index contributed by atoms with van der Waals surface area (Å²) in [4.78, 5) is 39.1. The van der Waals surface area contributed by atoms with Gasteiger partial charge in [-0.25, -0.2) is 13.2 Å². The Kier molecular flexibility index (Phi) is 8.51. The van der Waals surface area contributed by atoms with Gasteiger partial charge >= 0.3 is 6.03 Å². The van der Waals surface area contributed by atoms with Crippen LogP contribution in [0.5, 0.6) is 5.75 Å². The molecule has 3 atom stereocenters. The van der Waals surface area contributed by atoms with Crippen LogP contribution in [0.3, 0.4) is 0 Å². The summed E-state index contributed by atoms with van der Waals surface area (Å²) in [6.07, 6.45) is 1.79. The summed E-state index contributed by atoms with van der Waals surface area (Å²) in [5.41, 5.74) is 2.45. The van der Waals surface area contributed by atoms with Crippen LogP contribution in [0, 0.1) is 5.92 Å². The fraction of sp³-hybridized carbons (Fsp3) is 0.486. The maximum Gasteiger partial charge on any atom is 0.328 e. The number of rotatable bonds is 10. The van der Waals surface area contributed by atoms with Crippen molar-refractivity contribution >= 4 is 44.1 Å². The predicted octanol–water partition coefficient (Wildman–Crippen LogP) is 3.20. The van der Waals surface area contributed by atoms with Crippen molar-refractivity contribution in [2.45, 2.75) is 24.5 Å². The van der Waals surface area contributed by atoms with Gasteiger partial charge in [0.25, 0.3) is 5.91 Å². The molecule has 4 saturated heterocycles. The van der Waals surface area contributed by atoms with Gasteiger partial charge in [0.05, 0.1) is 38.3 Å². The van der Waals surface area contributed by atoms with E-state index in [4.69, 9.17) is 9.47 Å². The van der Waals surface area contributed by atoms with E-state index in [1.807, 2.05) is 37.2 Å². The summed E-state index contributed by atoms with van der Waals surface area (Å²) < 4.78 is 37.5. The number of imide groups is 1. The second kappa shape index (κ2) is 12.5. The minimum absolute atomic E-state index is 0.0634. The lowest BCUT2D eigenvalue weighted by molar-refractivity contribution is -0.133. The first-order valence-electron chi connectivity index (χ1n) is 16.5. The van der Waals surface area contributed by atoms with Gasteiger partial charge in [0.1, 0.15) is 11.3 Å². The van der Waals surface area contributed by atoms with Crippen LogP contribution in [0.2, 0.25) is 0 Å². The van der Waals surface area contributed by atoms with E-state index in [2.05, 4.69) is 43.7 Å². The monoisotopic (exact) mass is 676 g/mol. The third-order valence-electron chi connectivity index (χ3n) is 10.4. The van der Waals surface area contributed by atoms with Gasteiger partial charge in [-0.05, 0) is 41.1 Å². The lowest BCUT2D eigenvalue weighted by atomic mass is 9.87. The van der Waals surface area contributed by atoms with E-state index in [0.717, 1.165) is 46.9 Å². The molecule has 4 aliphatic heterocycles. The molecule has 4 aliphatic rings. The van der Waals surface area contributed by atoms with Crippen molar-refractivity contribution in [1.29, 1.82) is 0 Å². The van der Waals surface area contributed by atoms with Gasteiger partial charge in [-0.3, -0.25) is 24.2 Å². The highest BCUT2D eigenvalue weighted by molar-refractivity contribution is 7.92. The highest BCUT2D eigenvalue weighted by atomic mass is 32.2. The number of anilines is 2. The van der Waals surface area contributed by atoms with Crippen LogP contribution in [0.4, 0.5) is 16.2 Å². The largest absolute Gasteiger partial charge is 0.495 e. The molecular weight excluding hydrogens is 632 g/mol. The molecule has 0 aromatic heterocycles. The van der Waals surface area contributed by atoms with Crippen molar-refractivity contribution in [3.05, 3.63) is 65.7 Å². The topological polar surface area (TPSA) is 115 Å². The molecule has 13 heteroatoms. The molecule has 0 bridgehead atoms. The number of likely N-dealkylation sites (tertiary alicyclic amines) is 1. The maximum absolute atomic E-state index is 14.6. The van der Waals surface area contributed by atoms with E-state index in [0.29, 0.717) is 63.8 Å². The Morgan fingerprint density at radius 3 is 2.46 bits per heavy atom. The number of hydrogen-bond donors (Lipinski definition) is 1. The van der Waals surface area contributed by atoms with Crippen molar-refractivity contribution < 1.29 is 27.5 Å². The molecule has 1 N–H and O–H groups in total. The summed E-state index contributed by atoms with van der Waals surface area (Å²) in [6.45, 7) is 5.37. The number of morpholine rings is 1. The predicted molar refractivity (Wildman–Crippen MR) is 185 cm³/mol. The number of carbonyl (C=O) groups is 2. The number of hydrogen-bond acceptors (Lipinski definition) is 9. The van der Waals surface area contributed by atoms with Gasteiger partial charge in [-0.1, -0.05) is 36.4 Å². The normalized spacial score (nSPS) is 24.8. The van der Waals surface area contributed by atoms with Gasteiger partial charge < -0.3 is 19.3 Å². The lowest BCUT2D eigenvalue weighted by Gasteiger charge is -2.33. The number of amides is 3. The van der Waals surface area contributed by atoms with Crippen LogP contribution in [0.25, 0.3) is 10.8 Å². The number of benzene rings is 3. The van der Waals surface area contributed by atoms with Crippen LogP contribution in [0.15, 0.2) is 54.6 Å². The molecular formula is C35H44N6O6S. The summed E-state index contributed by atoms with van der Waals surface area (Å²) in [6, 6.07) is 17.5. The highest BCUT2D eigenvalue weighted by Crippen LogP contribution is 2.56. The second-order valence-corrected chi connectivity index (χ2v) is 15.4. The second-order valence-electron chi connectivity index (χ2n) is 13.6. The SMILES string of the molecule is COc1ccc(CN2C[C@H]3CC(c4ccc(N(C)C)c5ccccc45)N4C(=O)N(CCN5CCOCC5)C(=O)[C@@]34C2)cc1NS(C)(=O)=O. The van der Waals surface area contributed by atoms with Gasteiger partial charge in [-0.2, -0.15) is 0 Å². The number of nitrogens with zero attached hydrogens (tertiary/aromatic N) is 5. The Morgan fingerprint density at radius 2 is 1.75 bits per heavy atom. The highest BCUT2D eigenvalue weighted by Gasteiger charge is 2.70. The molecule has 0 aliphatic carbocycles. The average Bonchev–Trinajstić information content (AvgIpc) is 3.63. The zero-order valence-electron chi connectivity index (χ0n) is 28.0. The third kappa shape index (κ3) is 5.66. The molecule has 3 aromatic rings. The molecule has 0 radical (unpaired) electrons. The average molecular weight is 677 g/mol. The van der Waals surface area contributed by atoms with E-state index in [-0.39, 0.29) is 23.9 Å². The Labute approximate surface area is 282 Å². The summed E-state index contributed by atoms with van der Waals surface area (Å²) in [7, 11) is 2.04. The molecule has 1 spiro atoms. The van der Waals surface area contributed by atoms with E-state index < -0.39 is 15.6 Å². The first-order valence-corrected chi connectivity index (χ1v) is 18.4.